The SMILES string of the molecule is CC(C)(O)CC(=O)NCCn1ccc2ncnc(Nc3ccc(NC(=O)C(c4ccccc4)N4Cc5ccccc5C4=O)cc3)c21. The van der Waals surface area contributed by atoms with E-state index in [2.05, 4.69) is 25.9 Å². The Morgan fingerprint density at radius 2 is 1.65 bits per heavy atom. The highest BCUT2D eigenvalue weighted by Gasteiger charge is 2.37. The molecule has 5 aromatic rings. The molecule has 4 N–H and O–H groups in total. The molecule has 46 heavy (non-hydrogen) atoms. The van der Waals surface area contributed by atoms with Crippen LogP contribution in [0.3, 0.4) is 0 Å². The number of aromatic nitrogens is 3. The Morgan fingerprint density at radius 1 is 0.935 bits per heavy atom. The standard InChI is InChI=1S/C35H35N7O4/c1-35(2,46)20-29(43)36-17-19-41-18-16-28-31(41)32(38-22-37-28)39-25-12-14-26(15-13-25)40-33(44)30(23-8-4-3-5-9-23)42-21-24-10-6-7-11-27(24)34(42)45/h3-16,18,22,30,46H,17,19-21H2,1-2H3,(H,36,43)(H,40,44)(H,37,38,39). The van der Waals surface area contributed by atoms with E-state index in [4.69, 9.17) is 0 Å². The van der Waals surface area contributed by atoms with Gasteiger partial charge in [-0.1, -0.05) is 48.5 Å². The number of rotatable bonds is 11. The van der Waals surface area contributed by atoms with Gasteiger partial charge in [-0.3, -0.25) is 14.4 Å². The fraction of sp³-hybridized carbons (Fsp3) is 0.229. The molecule has 0 saturated carbocycles. The predicted molar refractivity (Wildman–Crippen MR) is 175 cm³/mol. The number of fused-ring (bicyclic) bond motifs is 2. The zero-order valence-corrected chi connectivity index (χ0v) is 25.6. The van der Waals surface area contributed by atoms with Crippen LogP contribution >= 0.6 is 0 Å². The highest BCUT2D eigenvalue weighted by atomic mass is 16.3. The summed E-state index contributed by atoms with van der Waals surface area (Å²) < 4.78 is 1.96. The quantitative estimate of drug-likeness (QED) is 0.167. The Balaban J connectivity index is 1.15. The van der Waals surface area contributed by atoms with Crippen LogP contribution in [0.5, 0.6) is 0 Å². The Morgan fingerprint density at radius 3 is 2.39 bits per heavy atom. The molecule has 11 nitrogen and oxygen atoms in total. The third-order valence-corrected chi connectivity index (χ3v) is 7.76. The highest BCUT2D eigenvalue weighted by molar-refractivity contribution is 6.04. The average Bonchev–Trinajstić information content (AvgIpc) is 3.59. The molecule has 0 spiro atoms. The van der Waals surface area contributed by atoms with Crippen molar-refractivity contribution in [3.8, 4) is 0 Å². The van der Waals surface area contributed by atoms with E-state index in [-0.39, 0.29) is 24.1 Å². The van der Waals surface area contributed by atoms with E-state index in [0.717, 1.165) is 27.8 Å². The molecule has 11 heteroatoms. The van der Waals surface area contributed by atoms with Crippen molar-refractivity contribution in [2.75, 3.05) is 17.2 Å². The second-order valence-electron chi connectivity index (χ2n) is 11.9. The van der Waals surface area contributed by atoms with E-state index < -0.39 is 11.6 Å². The molecule has 3 heterocycles. The second-order valence-corrected chi connectivity index (χ2v) is 11.9. The van der Waals surface area contributed by atoms with Crippen molar-refractivity contribution in [2.45, 2.75) is 45.0 Å². The van der Waals surface area contributed by atoms with Crippen molar-refractivity contribution in [1.82, 2.24) is 24.8 Å². The minimum absolute atomic E-state index is 0.0172. The molecule has 234 valence electrons. The first-order valence-electron chi connectivity index (χ1n) is 15.1. The number of carbonyl (C=O) groups is 3. The first kappa shape index (κ1) is 30.5. The number of aliphatic hydroxyl groups is 1. The molecule has 2 aromatic heterocycles. The number of hydrogen-bond acceptors (Lipinski definition) is 7. The minimum Gasteiger partial charge on any atom is -0.390 e. The lowest BCUT2D eigenvalue weighted by atomic mass is 10.0. The molecule has 0 aliphatic carbocycles. The van der Waals surface area contributed by atoms with Crippen molar-refractivity contribution < 1.29 is 19.5 Å². The van der Waals surface area contributed by atoms with Gasteiger partial charge in [-0.2, -0.15) is 0 Å². The van der Waals surface area contributed by atoms with Gasteiger partial charge in [0.2, 0.25) is 5.91 Å². The van der Waals surface area contributed by atoms with E-state index >= 15 is 0 Å². The molecule has 0 radical (unpaired) electrons. The Hall–Kier alpha value is -5.55. The van der Waals surface area contributed by atoms with E-state index in [0.29, 0.717) is 36.7 Å². The molecule has 1 aliphatic rings. The molecule has 3 aromatic carbocycles. The van der Waals surface area contributed by atoms with E-state index in [1.807, 2.05) is 77.5 Å². The van der Waals surface area contributed by atoms with Crippen molar-refractivity contribution in [1.29, 1.82) is 0 Å². The van der Waals surface area contributed by atoms with Gasteiger partial charge >= 0.3 is 0 Å². The number of anilines is 3. The van der Waals surface area contributed by atoms with Crippen LogP contribution in [0.4, 0.5) is 17.2 Å². The maximum atomic E-state index is 13.7. The lowest BCUT2D eigenvalue weighted by molar-refractivity contribution is -0.125. The van der Waals surface area contributed by atoms with Crippen molar-refractivity contribution in [3.63, 3.8) is 0 Å². The van der Waals surface area contributed by atoms with Gasteiger partial charge < -0.3 is 30.5 Å². The van der Waals surface area contributed by atoms with Crippen molar-refractivity contribution >= 4 is 45.9 Å². The van der Waals surface area contributed by atoms with Gasteiger partial charge in [0, 0.05) is 42.8 Å². The summed E-state index contributed by atoms with van der Waals surface area (Å²) in [5, 5.41) is 19.1. The summed E-state index contributed by atoms with van der Waals surface area (Å²) in [6, 6.07) is 25.1. The highest BCUT2D eigenvalue weighted by Crippen LogP contribution is 2.33. The molecule has 1 atom stereocenters. The van der Waals surface area contributed by atoms with Gasteiger partial charge in [0.15, 0.2) is 5.82 Å². The Kier molecular flexibility index (Phi) is 8.49. The normalized spacial score (nSPS) is 13.4. The van der Waals surface area contributed by atoms with Crippen LogP contribution in [-0.4, -0.2) is 54.4 Å². The molecule has 1 aliphatic heterocycles. The molecular weight excluding hydrogens is 582 g/mol. The number of carbonyl (C=O) groups excluding carboxylic acids is 3. The fourth-order valence-electron chi connectivity index (χ4n) is 5.66. The van der Waals surface area contributed by atoms with Crippen LogP contribution in [0, 0.1) is 0 Å². The predicted octanol–water partition coefficient (Wildman–Crippen LogP) is 4.79. The van der Waals surface area contributed by atoms with E-state index in [9.17, 15) is 19.5 Å². The van der Waals surface area contributed by atoms with Crippen LogP contribution in [-0.2, 0) is 22.7 Å². The molecule has 1 unspecified atom stereocenters. The van der Waals surface area contributed by atoms with E-state index in [1.165, 1.54) is 6.33 Å². The third-order valence-electron chi connectivity index (χ3n) is 7.76. The number of nitrogens with one attached hydrogen (secondary N) is 3. The van der Waals surface area contributed by atoms with Crippen molar-refractivity contribution in [2.24, 2.45) is 0 Å². The van der Waals surface area contributed by atoms with Gasteiger partial charge in [0.1, 0.15) is 17.9 Å². The maximum Gasteiger partial charge on any atom is 0.255 e. The van der Waals surface area contributed by atoms with Crippen molar-refractivity contribution in [3.05, 3.63) is 114 Å². The number of hydrogen-bond donors (Lipinski definition) is 4. The number of amides is 3. The van der Waals surface area contributed by atoms with E-state index in [1.54, 1.807) is 36.9 Å². The average molecular weight is 618 g/mol. The van der Waals surface area contributed by atoms with Crippen LogP contribution in [0.1, 0.15) is 47.8 Å². The van der Waals surface area contributed by atoms with Gasteiger partial charge in [0.25, 0.3) is 11.8 Å². The number of nitrogens with zero attached hydrogens (tertiary/aromatic N) is 4. The first-order valence-corrected chi connectivity index (χ1v) is 15.1. The summed E-state index contributed by atoms with van der Waals surface area (Å²) in [5.41, 5.74) is 4.02. The fourth-order valence-corrected chi connectivity index (χ4v) is 5.66. The summed E-state index contributed by atoms with van der Waals surface area (Å²) >= 11 is 0. The monoisotopic (exact) mass is 617 g/mol. The topological polar surface area (TPSA) is 141 Å². The molecular formula is C35H35N7O4. The molecule has 0 fully saturated rings. The molecule has 0 bridgehead atoms. The van der Waals surface area contributed by atoms with Crippen LogP contribution in [0.2, 0.25) is 0 Å². The summed E-state index contributed by atoms with van der Waals surface area (Å²) in [6.07, 6.45) is 3.39. The number of benzene rings is 3. The Bertz CT molecular complexity index is 1880. The second kappa shape index (κ2) is 12.8. The van der Waals surface area contributed by atoms with Gasteiger partial charge in [-0.05, 0) is 61.4 Å². The lowest BCUT2D eigenvalue weighted by Gasteiger charge is -2.27. The molecule has 6 rings (SSSR count). The zero-order valence-electron chi connectivity index (χ0n) is 25.6. The largest absolute Gasteiger partial charge is 0.390 e. The summed E-state index contributed by atoms with van der Waals surface area (Å²) in [4.78, 5) is 49.6. The van der Waals surface area contributed by atoms with Crippen LogP contribution in [0.25, 0.3) is 11.0 Å². The lowest BCUT2D eigenvalue weighted by Crippen LogP contribution is -2.37. The van der Waals surface area contributed by atoms with Crippen LogP contribution < -0.4 is 16.0 Å². The van der Waals surface area contributed by atoms with Gasteiger partial charge in [-0.25, -0.2) is 9.97 Å². The maximum absolute atomic E-state index is 13.7. The van der Waals surface area contributed by atoms with Gasteiger partial charge in [-0.15, -0.1) is 0 Å². The summed E-state index contributed by atoms with van der Waals surface area (Å²) in [6.45, 7) is 4.41. The third kappa shape index (κ3) is 6.74. The summed E-state index contributed by atoms with van der Waals surface area (Å²) in [5.74, 6) is -0.113. The van der Waals surface area contributed by atoms with Crippen LogP contribution in [0.15, 0.2) is 97.5 Å². The summed E-state index contributed by atoms with van der Waals surface area (Å²) in [7, 11) is 0. The first-order chi connectivity index (χ1) is 22.2. The Labute approximate surface area is 266 Å². The zero-order chi connectivity index (χ0) is 32.3. The molecule has 3 amide bonds. The van der Waals surface area contributed by atoms with Gasteiger partial charge in [0.05, 0.1) is 17.5 Å². The minimum atomic E-state index is -1.07. The molecule has 0 saturated heterocycles. The smallest absolute Gasteiger partial charge is 0.255 e.